The van der Waals surface area contributed by atoms with Gasteiger partial charge in [-0.25, -0.2) is 0 Å². The third-order valence-corrected chi connectivity index (χ3v) is 5.37. The lowest BCUT2D eigenvalue weighted by Gasteiger charge is -2.48. The lowest BCUT2D eigenvalue weighted by molar-refractivity contribution is -0.142. The Morgan fingerprint density at radius 2 is 1.77 bits per heavy atom. The molecule has 1 atom stereocenters. The lowest BCUT2D eigenvalue weighted by Crippen LogP contribution is -2.64. The van der Waals surface area contributed by atoms with Crippen LogP contribution in [0.2, 0.25) is 0 Å². The molecule has 122 valence electrons. The molecular formula is C16H26N4O2. The molecule has 0 bridgehead atoms. The van der Waals surface area contributed by atoms with Crippen LogP contribution in [0.15, 0.2) is 12.2 Å². The van der Waals surface area contributed by atoms with Gasteiger partial charge in [0.25, 0.3) is 0 Å². The number of rotatable bonds is 3. The van der Waals surface area contributed by atoms with E-state index in [0.717, 1.165) is 32.5 Å². The van der Waals surface area contributed by atoms with Gasteiger partial charge in [-0.1, -0.05) is 18.6 Å². The second-order valence-corrected chi connectivity index (χ2v) is 6.58. The average Bonchev–Trinajstić information content (AvgIpc) is 3.09. The number of nitrogens with zero attached hydrogens (tertiary/aromatic N) is 2. The normalized spacial score (nSPS) is 28.7. The van der Waals surface area contributed by atoms with Crippen LogP contribution in [0.1, 0.15) is 32.1 Å². The van der Waals surface area contributed by atoms with Crippen molar-refractivity contribution >= 4 is 11.8 Å². The molecule has 3 rings (SSSR count). The topological polar surface area (TPSA) is 78.7 Å². The minimum absolute atomic E-state index is 0.116. The molecule has 2 saturated heterocycles. The Labute approximate surface area is 131 Å². The largest absolute Gasteiger partial charge is 0.368 e. The number of likely N-dealkylation sites (tertiary alicyclic amines) is 2. The number of hydrogen-bond donors (Lipinski definition) is 2. The van der Waals surface area contributed by atoms with E-state index >= 15 is 0 Å². The number of carbonyl (C=O) groups is 2. The predicted octanol–water partition coefficient (Wildman–Crippen LogP) is -0.153. The summed E-state index contributed by atoms with van der Waals surface area (Å²) in [6, 6.07) is -0.198. The van der Waals surface area contributed by atoms with Gasteiger partial charge in [-0.15, -0.1) is 0 Å². The summed E-state index contributed by atoms with van der Waals surface area (Å²) in [6.45, 7) is 3.88. The highest BCUT2D eigenvalue weighted by Gasteiger charge is 2.46. The van der Waals surface area contributed by atoms with Crippen LogP contribution in [-0.4, -0.2) is 65.9 Å². The summed E-state index contributed by atoms with van der Waals surface area (Å²) in [5.74, 6) is -0.106. The Morgan fingerprint density at radius 3 is 2.32 bits per heavy atom. The summed E-state index contributed by atoms with van der Waals surface area (Å²) in [7, 11) is 0. The maximum atomic E-state index is 12.4. The van der Waals surface area contributed by atoms with Gasteiger partial charge in [0.15, 0.2) is 0 Å². The number of nitrogens with one attached hydrogen (secondary N) is 1. The zero-order valence-electron chi connectivity index (χ0n) is 13.1. The maximum absolute atomic E-state index is 12.4. The quantitative estimate of drug-likeness (QED) is 0.711. The first kappa shape index (κ1) is 15.5. The fourth-order valence-corrected chi connectivity index (χ4v) is 3.97. The summed E-state index contributed by atoms with van der Waals surface area (Å²) in [4.78, 5) is 28.7. The second-order valence-electron chi connectivity index (χ2n) is 6.58. The van der Waals surface area contributed by atoms with Crippen molar-refractivity contribution in [3.05, 3.63) is 12.2 Å². The Bertz CT molecular complexity index is 463. The van der Waals surface area contributed by atoms with Crippen LogP contribution in [-0.2, 0) is 9.59 Å². The van der Waals surface area contributed by atoms with Crippen molar-refractivity contribution in [1.29, 1.82) is 0 Å². The highest BCUT2D eigenvalue weighted by atomic mass is 16.2. The van der Waals surface area contributed by atoms with Crippen LogP contribution in [0.25, 0.3) is 0 Å². The van der Waals surface area contributed by atoms with Gasteiger partial charge in [0, 0.05) is 19.6 Å². The van der Waals surface area contributed by atoms with Crippen molar-refractivity contribution in [2.75, 3.05) is 32.7 Å². The van der Waals surface area contributed by atoms with E-state index < -0.39 is 5.54 Å². The Balaban J connectivity index is 1.65. The van der Waals surface area contributed by atoms with E-state index in [0.29, 0.717) is 25.9 Å². The highest BCUT2D eigenvalue weighted by molar-refractivity contribution is 5.87. The van der Waals surface area contributed by atoms with E-state index in [4.69, 9.17) is 5.73 Å². The number of primary amides is 1. The molecule has 0 spiro atoms. The molecule has 0 unspecified atom stereocenters. The number of nitrogens with two attached hydrogens (primary N) is 1. The van der Waals surface area contributed by atoms with Crippen LogP contribution >= 0.6 is 0 Å². The van der Waals surface area contributed by atoms with Gasteiger partial charge in [-0.3, -0.25) is 19.8 Å². The third kappa shape index (κ3) is 2.77. The van der Waals surface area contributed by atoms with Crippen molar-refractivity contribution < 1.29 is 9.59 Å². The third-order valence-electron chi connectivity index (χ3n) is 5.37. The first-order valence-corrected chi connectivity index (χ1v) is 8.37. The van der Waals surface area contributed by atoms with Crippen molar-refractivity contribution in [1.82, 2.24) is 15.1 Å². The standard InChI is InChI=1S/C16H26N4O2/c17-15(22)16(20-9-2-1-3-10-20)6-11-19(12-7-16)14(21)13-5-4-8-18-13/h4-5,13,18H,1-3,6-12H2,(H2,17,22)/t13-/m1/s1. The maximum Gasteiger partial charge on any atom is 0.243 e. The van der Waals surface area contributed by atoms with Gasteiger partial charge in [-0.05, 0) is 38.8 Å². The molecule has 6 heteroatoms. The van der Waals surface area contributed by atoms with E-state index in [-0.39, 0.29) is 17.9 Å². The Morgan fingerprint density at radius 1 is 1.09 bits per heavy atom. The molecule has 0 aromatic heterocycles. The monoisotopic (exact) mass is 306 g/mol. The number of piperidine rings is 2. The number of carbonyl (C=O) groups excluding carboxylic acids is 2. The molecule has 22 heavy (non-hydrogen) atoms. The lowest BCUT2D eigenvalue weighted by atomic mass is 9.83. The minimum atomic E-state index is -0.545. The first-order chi connectivity index (χ1) is 10.6. The van der Waals surface area contributed by atoms with Gasteiger partial charge in [0.05, 0.1) is 0 Å². The zero-order chi connectivity index (χ0) is 15.6. The molecule has 3 heterocycles. The van der Waals surface area contributed by atoms with Gasteiger partial charge in [0.1, 0.15) is 11.6 Å². The summed E-state index contributed by atoms with van der Waals surface area (Å²) >= 11 is 0. The van der Waals surface area contributed by atoms with E-state index in [1.807, 2.05) is 17.1 Å². The molecule has 0 radical (unpaired) electrons. The van der Waals surface area contributed by atoms with Gasteiger partial charge in [-0.2, -0.15) is 0 Å². The molecule has 0 aromatic carbocycles. The first-order valence-electron chi connectivity index (χ1n) is 8.37. The Hall–Kier alpha value is -1.40. The van der Waals surface area contributed by atoms with Crippen molar-refractivity contribution in [3.8, 4) is 0 Å². The van der Waals surface area contributed by atoms with Crippen LogP contribution in [0.4, 0.5) is 0 Å². The van der Waals surface area contributed by atoms with Crippen molar-refractivity contribution in [2.24, 2.45) is 5.73 Å². The predicted molar refractivity (Wildman–Crippen MR) is 84.1 cm³/mol. The minimum Gasteiger partial charge on any atom is -0.368 e. The molecule has 2 fully saturated rings. The molecule has 0 aromatic rings. The smallest absolute Gasteiger partial charge is 0.243 e. The van der Waals surface area contributed by atoms with E-state index in [1.54, 1.807) is 0 Å². The van der Waals surface area contributed by atoms with Crippen LogP contribution in [0.5, 0.6) is 0 Å². The summed E-state index contributed by atoms with van der Waals surface area (Å²) in [5, 5.41) is 3.16. The van der Waals surface area contributed by atoms with E-state index in [9.17, 15) is 9.59 Å². The van der Waals surface area contributed by atoms with Gasteiger partial charge in [0.2, 0.25) is 11.8 Å². The fraction of sp³-hybridized carbons (Fsp3) is 0.750. The van der Waals surface area contributed by atoms with Crippen LogP contribution in [0.3, 0.4) is 0 Å². The number of hydrogen-bond acceptors (Lipinski definition) is 4. The summed E-state index contributed by atoms with van der Waals surface area (Å²) in [6.07, 6.45) is 8.71. The van der Waals surface area contributed by atoms with Gasteiger partial charge >= 0.3 is 0 Å². The van der Waals surface area contributed by atoms with Crippen molar-refractivity contribution in [2.45, 2.75) is 43.7 Å². The Kier molecular flexibility index (Phi) is 4.49. The second kappa shape index (κ2) is 6.38. The molecule has 3 aliphatic rings. The van der Waals surface area contributed by atoms with Crippen LogP contribution in [0, 0.1) is 0 Å². The molecular weight excluding hydrogens is 280 g/mol. The SMILES string of the molecule is NC(=O)C1(N2CCCCC2)CCN(C(=O)[C@H]2C=CCN2)CC1. The average molecular weight is 306 g/mol. The van der Waals surface area contributed by atoms with Crippen LogP contribution < -0.4 is 11.1 Å². The molecule has 0 saturated carbocycles. The molecule has 0 aliphatic carbocycles. The summed E-state index contributed by atoms with van der Waals surface area (Å²) in [5.41, 5.74) is 5.22. The highest BCUT2D eigenvalue weighted by Crippen LogP contribution is 2.31. The van der Waals surface area contributed by atoms with E-state index in [1.165, 1.54) is 6.42 Å². The summed E-state index contributed by atoms with van der Waals surface area (Å²) < 4.78 is 0. The molecule has 3 aliphatic heterocycles. The van der Waals surface area contributed by atoms with E-state index in [2.05, 4.69) is 10.2 Å². The molecule has 6 nitrogen and oxygen atoms in total. The number of amides is 2. The van der Waals surface area contributed by atoms with Crippen molar-refractivity contribution in [3.63, 3.8) is 0 Å². The molecule has 2 amide bonds. The fourth-order valence-electron chi connectivity index (χ4n) is 3.97. The molecule has 3 N–H and O–H groups in total. The van der Waals surface area contributed by atoms with Gasteiger partial charge < -0.3 is 10.6 Å². The zero-order valence-corrected chi connectivity index (χ0v) is 13.1.